The minimum absolute atomic E-state index is 0.00370. The largest absolute Gasteiger partial charge is 0.508 e. The van der Waals surface area contributed by atoms with Gasteiger partial charge in [-0.15, -0.1) is 0 Å². The van der Waals surface area contributed by atoms with Crippen molar-refractivity contribution < 1.29 is 37.6 Å². The molecule has 5 heterocycles. The minimum atomic E-state index is -1.25. The molecule has 13 heteroatoms. The van der Waals surface area contributed by atoms with Gasteiger partial charge in [-0.3, -0.25) is 4.90 Å². The molecule has 10 nitrogen and oxygen atoms in total. The highest BCUT2D eigenvalue weighted by molar-refractivity contribution is 6.03. The van der Waals surface area contributed by atoms with E-state index in [0.29, 0.717) is 42.3 Å². The number of fused-ring (bicyclic) bond motifs is 3. The molecule has 4 fully saturated rings. The summed E-state index contributed by atoms with van der Waals surface area (Å²) in [5, 5.41) is 22.8. The topological polar surface area (TPSA) is 113 Å². The normalized spacial score (nSPS) is 26.4. The van der Waals surface area contributed by atoms with E-state index in [2.05, 4.69) is 14.9 Å². The first-order valence-corrected chi connectivity index (χ1v) is 16.9. The number of phenols is 1. The molecule has 4 aliphatic rings. The van der Waals surface area contributed by atoms with Crippen LogP contribution in [0.4, 0.5) is 19.0 Å². The van der Waals surface area contributed by atoms with E-state index in [0.717, 1.165) is 25.8 Å². The molecule has 1 saturated carbocycles. The van der Waals surface area contributed by atoms with Crippen molar-refractivity contribution in [2.24, 2.45) is 5.41 Å². The van der Waals surface area contributed by atoms with Crippen LogP contribution in [0, 0.1) is 17.0 Å². The van der Waals surface area contributed by atoms with Crippen molar-refractivity contribution in [2.75, 3.05) is 58.0 Å². The van der Waals surface area contributed by atoms with E-state index < -0.39 is 28.9 Å². The van der Waals surface area contributed by atoms with Crippen molar-refractivity contribution in [3.63, 3.8) is 0 Å². The molecule has 4 aromatic rings. The zero-order chi connectivity index (χ0) is 34.3. The van der Waals surface area contributed by atoms with Crippen LogP contribution in [0.15, 0.2) is 24.3 Å². The Morgan fingerprint density at radius 1 is 1.10 bits per heavy atom. The highest BCUT2D eigenvalue weighted by atomic mass is 19.1. The Bertz CT molecular complexity index is 1970. The third kappa shape index (κ3) is 5.50. The lowest BCUT2D eigenvalue weighted by atomic mass is 9.89. The molecule has 2 N–H and O–H groups in total. The average Bonchev–Trinajstić information content (AvgIpc) is 3.71. The number of hydrogen-bond donors (Lipinski definition) is 2. The Morgan fingerprint density at radius 3 is 2.67 bits per heavy atom. The molecule has 8 rings (SSSR count). The van der Waals surface area contributed by atoms with Gasteiger partial charge in [0.2, 0.25) is 5.88 Å². The van der Waals surface area contributed by atoms with Crippen LogP contribution in [0.1, 0.15) is 45.1 Å². The lowest BCUT2D eigenvalue weighted by Crippen LogP contribution is -2.44. The molecule has 2 aromatic heterocycles. The minimum Gasteiger partial charge on any atom is -0.508 e. The zero-order valence-electron chi connectivity index (χ0n) is 27.9. The van der Waals surface area contributed by atoms with Crippen molar-refractivity contribution in [2.45, 2.75) is 63.3 Å². The summed E-state index contributed by atoms with van der Waals surface area (Å²) < 4.78 is 64.8. The summed E-state index contributed by atoms with van der Waals surface area (Å²) in [5.74, 6) is -1.22. The summed E-state index contributed by atoms with van der Waals surface area (Å²) in [5.41, 5.74) is -1.38. The first-order chi connectivity index (χ1) is 23.4. The van der Waals surface area contributed by atoms with Crippen LogP contribution in [-0.2, 0) is 11.2 Å². The van der Waals surface area contributed by atoms with Crippen LogP contribution in [0.2, 0.25) is 0 Å². The second-order valence-corrected chi connectivity index (χ2v) is 14.7. The molecule has 0 radical (unpaired) electrons. The number of rotatable bonds is 7. The standard InChI is InChI=1S/C36H40F3N5O5/c1-4-23-25(38)6-5-20-11-22(45)12-24(26(20)23)29-28(39)30-27(32(40-29)47-3)31(43-9-10-48-18-34(2,46)16-43)42-33(41-30)49-19-36-13-21(37)14-44(36)17-35(15-36)7-8-35/h5-6,11-12,21,45-46H,4,7-10,13-19H2,1-3H3. The predicted octanol–water partition coefficient (Wildman–Crippen LogP) is 5.33. The summed E-state index contributed by atoms with van der Waals surface area (Å²) in [6.45, 7) is 5.55. The van der Waals surface area contributed by atoms with Gasteiger partial charge >= 0.3 is 6.01 Å². The maximum Gasteiger partial charge on any atom is 0.319 e. The van der Waals surface area contributed by atoms with Crippen LogP contribution < -0.4 is 14.4 Å². The maximum absolute atomic E-state index is 17.2. The lowest BCUT2D eigenvalue weighted by molar-refractivity contribution is -0.0123. The quantitative estimate of drug-likeness (QED) is 0.266. The van der Waals surface area contributed by atoms with Crippen molar-refractivity contribution >= 4 is 27.5 Å². The van der Waals surface area contributed by atoms with Crippen molar-refractivity contribution in [3.05, 3.63) is 41.5 Å². The third-order valence-electron chi connectivity index (χ3n) is 10.8. The smallest absolute Gasteiger partial charge is 0.319 e. The zero-order valence-corrected chi connectivity index (χ0v) is 27.9. The molecular formula is C36H40F3N5O5. The molecular weight excluding hydrogens is 639 g/mol. The molecule has 260 valence electrons. The van der Waals surface area contributed by atoms with E-state index in [4.69, 9.17) is 19.2 Å². The molecule has 0 amide bonds. The Labute approximate surface area is 281 Å². The van der Waals surface area contributed by atoms with Crippen molar-refractivity contribution in [1.82, 2.24) is 19.9 Å². The second-order valence-electron chi connectivity index (χ2n) is 14.7. The summed E-state index contributed by atoms with van der Waals surface area (Å²) in [6, 6.07) is 5.60. The fourth-order valence-corrected chi connectivity index (χ4v) is 8.46. The average molecular weight is 680 g/mol. The molecule has 1 spiro atoms. The number of alkyl halides is 1. The monoisotopic (exact) mass is 679 g/mol. The van der Waals surface area contributed by atoms with E-state index in [1.54, 1.807) is 18.7 Å². The lowest BCUT2D eigenvalue weighted by Gasteiger charge is -2.31. The number of phenolic OH excluding ortho intramolecular Hbond substituents is 1. The fraction of sp³-hybridized carbons (Fsp3) is 0.528. The number of anilines is 1. The number of pyridine rings is 1. The fourth-order valence-electron chi connectivity index (χ4n) is 8.46. The van der Waals surface area contributed by atoms with Gasteiger partial charge in [-0.2, -0.15) is 9.97 Å². The number of hydrogen-bond acceptors (Lipinski definition) is 10. The number of β-amino-alcohol motifs (C(OH)–C–C–N with tert-alkyl or cyclic N) is 1. The molecule has 0 bridgehead atoms. The number of nitrogens with zero attached hydrogens (tertiary/aromatic N) is 5. The number of aliphatic hydroxyl groups is 1. The predicted molar refractivity (Wildman–Crippen MR) is 177 cm³/mol. The van der Waals surface area contributed by atoms with Gasteiger partial charge in [-0.25, -0.2) is 18.2 Å². The molecule has 3 unspecified atom stereocenters. The first kappa shape index (κ1) is 32.3. The maximum atomic E-state index is 17.2. The van der Waals surface area contributed by atoms with Crippen molar-refractivity contribution in [3.8, 4) is 28.9 Å². The van der Waals surface area contributed by atoms with Gasteiger partial charge in [0, 0.05) is 31.6 Å². The third-order valence-corrected chi connectivity index (χ3v) is 10.8. The molecule has 49 heavy (non-hydrogen) atoms. The van der Waals surface area contributed by atoms with Crippen LogP contribution in [0.3, 0.4) is 0 Å². The molecule has 1 aliphatic carbocycles. The van der Waals surface area contributed by atoms with Crippen LogP contribution in [0.25, 0.3) is 32.9 Å². The highest BCUT2D eigenvalue weighted by Crippen LogP contribution is 2.60. The molecule has 3 aliphatic heterocycles. The summed E-state index contributed by atoms with van der Waals surface area (Å²) in [6.07, 6.45) is 2.75. The van der Waals surface area contributed by atoms with Crippen LogP contribution >= 0.6 is 0 Å². The number of methoxy groups -OCH3 is 1. The Balaban J connectivity index is 1.31. The summed E-state index contributed by atoms with van der Waals surface area (Å²) in [4.78, 5) is 17.9. The number of ether oxygens (including phenoxy) is 3. The van der Waals surface area contributed by atoms with E-state index in [1.165, 1.54) is 31.4 Å². The number of benzene rings is 2. The SMILES string of the molecule is CCc1c(F)ccc2cc(O)cc(-c3nc(OC)c4c(N5CCOCC(C)(O)C5)nc(OCC56CC(F)CN5CC5(CC5)C6)nc4c3F)c12. The van der Waals surface area contributed by atoms with E-state index in [1.807, 2.05) is 0 Å². The van der Waals surface area contributed by atoms with Gasteiger partial charge in [0.1, 0.15) is 52.4 Å². The highest BCUT2D eigenvalue weighted by Gasteiger charge is 2.62. The Morgan fingerprint density at radius 2 is 1.92 bits per heavy atom. The van der Waals surface area contributed by atoms with E-state index in [-0.39, 0.29) is 77.4 Å². The van der Waals surface area contributed by atoms with Crippen LogP contribution in [-0.4, -0.2) is 100 Å². The van der Waals surface area contributed by atoms with Gasteiger partial charge in [-0.05, 0) is 72.6 Å². The Hall–Kier alpha value is -3.94. The first-order valence-electron chi connectivity index (χ1n) is 16.9. The van der Waals surface area contributed by atoms with Gasteiger partial charge in [0.25, 0.3) is 0 Å². The summed E-state index contributed by atoms with van der Waals surface area (Å²) >= 11 is 0. The number of halogens is 3. The number of aromatic nitrogens is 3. The molecule has 3 saturated heterocycles. The Kier molecular flexibility index (Phi) is 7.62. The van der Waals surface area contributed by atoms with Gasteiger partial charge < -0.3 is 29.3 Å². The number of aromatic hydroxyl groups is 1. The van der Waals surface area contributed by atoms with Crippen molar-refractivity contribution in [1.29, 1.82) is 0 Å². The van der Waals surface area contributed by atoms with Crippen LogP contribution in [0.5, 0.6) is 17.6 Å². The van der Waals surface area contributed by atoms with E-state index in [9.17, 15) is 14.6 Å². The van der Waals surface area contributed by atoms with Gasteiger partial charge in [0.15, 0.2) is 5.82 Å². The molecule has 3 atom stereocenters. The molecule has 2 aromatic carbocycles. The van der Waals surface area contributed by atoms with Gasteiger partial charge in [-0.1, -0.05) is 13.0 Å². The summed E-state index contributed by atoms with van der Waals surface area (Å²) in [7, 11) is 1.39. The van der Waals surface area contributed by atoms with Gasteiger partial charge in [0.05, 0.1) is 32.4 Å². The van der Waals surface area contributed by atoms with E-state index >= 15 is 8.78 Å². The second kappa shape index (κ2) is 11.6. The number of aryl methyl sites for hydroxylation is 1.